The maximum atomic E-state index is 13.3. The van der Waals surface area contributed by atoms with Crippen molar-refractivity contribution in [1.82, 2.24) is 10.2 Å². The summed E-state index contributed by atoms with van der Waals surface area (Å²) in [6.45, 7) is 2.17. The maximum Gasteiger partial charge on any atom is 0.250 e. The topological polar surface area (TPSA) is 108 Å². The van der Waals surface area contributed by atoms with Gasteiger partial charge in [-0.1, -0.05) is 11.6 Å². The van der Waals surface area contributed by atoms with Gasteiger partial charge in [0.2, 0.25) is 17.7 Å². The molecule has 8 nitrogen and oxygen atoms in total. The third kappa shape index (κ3) is 2.52. The smallest absolute Gasteiger partial charge is 0.250 e. The molecule has 3 aliphatic rings. The lowest BCUT2D eigenvalue weighted by Crippen LogP contribution is -2.54. The first-order chi connectivity index (χ1) is 13.3. The van der Waals surface area contributed by atoms with Crippen LogP contribution in [0.25, 0.3) is 0 Å². The second kappa shape index (κ2) is 6.81. The van der Waals surface area contributed by atoms with Crippen molar-refractivity contribution in [3.8, 4) is 0 Å². The second-order valence-electron chi connectivity index (χ2n) is 7.54. The van der Waals surface area contributed by atoms with Crippen LogP contribution in [0, 0.1) is 11.8 Å². The summed E-state index contributed by atoms with van der Waals surface area (Å²) in [4.78, 5) is 40.7. The van der Waals surface area contributed by atoms with E-state index in [1.807, 2.05) is 0 Å². The zero-order valence-corrected chi connectivity index (χ0v) is 16.3. The molecule has 3 heterocycles. The Morgan fingerprint density at radius 1 is 1.32 bits per heavy atom. The molecule has 1 spiro atoms. The van der Waals surface area contributed by atoms with Gasteiger partial charge >= 0.3 is 0 Å². The minimum Gasteiger partial charge on any atom is -0.392 e. The molecule has 5 atom stereocenters. The Bertz CT molecular complexity index is 860. The number of fused-ring (bicyclic) bond motifs is 4. The van der Waals surface area contributed by atoms with Gasteiger partial charge in [-0.25, -0.2) is 0 Å². The number of methoxy groups -OCH3 is 1. The number of anilines is 1. The molecule has 0 radical (unpaired) electrons. The molecule has 0 saturated carbocycles. The lowest BCUT2D eigenvalue weighted by atomic mass is 9.76. The Morgan fingerprint density at radius 3 is 2.75 bits per heavy atom. The quantitative estimate of drug-likeness (QED) is 0.484. The Hall–Kier alpha value is -2.00. The van der Waals surface area contributed by atoms with Crippen LogP contribution in [0.2, 0.25) is 5.02 Å². The predicted molar refractivity (Wildman–Crippen MR) is 101 cm³/mol. The third-order valence-electron chi connectivity index (χ3n) is 5.95. The van der Waals surface area contributed by atoms with E-state index in [9.17, 15) is 19.5 Å². The van der Waals surface area contributed by atoms with Crippen LogP contribution in [-0.4, -0.2) is 60.1 Å². The average Bonchev–Trinajstić information content (AvgIpc) is 3.23. The summed E-state index contributed by atoms with van der Waals surface area (Å²) in [5.74, 6) is -2.97. The first-order valence-corrected chi connectivity index (χ1v) is 9.62. The molecule has 0 unspecified atom stereocenters. The van der Waals surface area contributed by atoms with Crippen LogP contribution in [0.1, 0.15) is 18.9 Å². The number of nitrogens with one attached hydrogen (secondary N) is 2. The number of aliphatic hydroxyl groups is 1. The van der Waals surface area contributed by atoms with Crippen molar-refractivity contribution >= 4 is 35.0 Å². The van der Waals surface area contributed by atoms with Crippen LogP contribution in [-0.2, 0) is 24.7 Å². The average molecular weight is 408 g/mol. The number of hydrogen-bond acceptors (Lipinski definition) is 6. The number of likely N-dealkylation sites (tertiary alicyclic amines) is 1. The lowest BCUT2D eigenvalue weighted by Gasteiger charge is -2.30. The fourth-order valence-corrected chi connectivity index (χ4v) is 4.94. The number of halogens is 1. The van der Waals surface area contributed by atoms with Gasteiger partial charge in [0.15, 0.2) is 0 Å². The van der Waals surface area contributed by atoms with E-state index in [1.165, 1.54) is 4.90 Å². The zero-order chi connectivity index (χ0) is 20.2. The molecule has 2 saturated heterocycles. The van der Waals surface area contributed by atoms with Gasteiger partial charge in [-0.15, -0.1) is 0 Å². The van der Waals surface area contributed by atoms with E-state index in [4.69, 9.17) is 16.3 Å². The van der Waals surface area contributed by atoms with Gasteiger partial charge < -0.3 is 15.2 Å². The molecule has 9 heteroatoms. The molecule has 3 aliphatic heterocycles. The van der Waals surface area contributed by atoms with Crippen LogP contribution in [0.5, 0.6) is 0 Å². The lowest BCUT2D eigenvalue weighted by molar-refractivity contribution is -0.143. The maximum absolute atomic E-state index is 13.3. The summed E-state index contributed by atoms with van der Waals surface area (Å²) in [5, 5.41) is 16.7. The van der Waals surface area contributed by atoms with Gasteiger partial charge in [0.1, 0.15) is 5.54 Å². The number of ether oxygens (including phenoxy) is 1. The summed E-state index contributed by atoms with van der Waals surface area (Å²) in [5.41, 5.74) is -0.358. The number of benzene rings is 1. The van der Waals surface area contributed by atoms with E-state index in [2.05, 4.69) is 10.6 Å². The fraction of sp³-hybridized carbons (Fsp3) is 0.526. The van der Waals surface area contributed by atoms with Crippen LogP contribution in [0.15, 0.2) is 18.2 Å². The molecule has 0 aliphatic carbocycles. The molecule has 1 aromatic carbocycles. The van der Waals surface area contributed by atoms with Gasteiger partial charge in [-0.2, -0.15) is 0 Å². The van der Waals surface area contributed by atoms with Gasteiger partial charge in [0, 0.05) is 42.6 Å². The zero-order valence-electron chi connectivity index (χ0n) is 15.6. The van der Waals surface area contributed by atoms with Crippen molar-refractivity contribution in [2.75, 3.05) is 25.6 Å². The van der Waals surface area contributed by atoms with E-state index in [0.717, 1.165) is 0 Å². The van der Waals surface area contributed by atoms with Gasteiger partial charge in [-0.3, -0.25) is 24.6 Å². The second-order valence-corrected chi connectivity index (χ2v) is 7.98. The van der Waals surface area contributed by atoms with Crippen LogP contribution in [0.3, 0.4) is 0 Å². The summed E-state index contributed by atoms with van der Waals surface area (Å²) in [7, 11) is 1.55. The number of hydrogen-bond donors (Lipinski definition) is 3. The number of carbonyl (C=O) groups is 3. The molecule has 4 rings (SSSR count). The minimum absolute atomic E-state index is 0.213. The van der Waals surface area contributed by atoms with Crippen LogP contribution < -0.4 is 10.6 Å². The Morgan fingerprint density at radius 2 is 2.07 bits per heavy atom. The van der Waals surface area contributed by atoms with Crippen molar-refractivity contribution in [3.05, 3.63) is 28.8 Å². The molecule has 2 fully saturated rings. The van der Waals surface area contributed by atoms with E-state index < -0.39 is 41.3 Å². The predicted octanol–water partition coefficient (Wildman–Crippen LogP) is 0.478. The number of amides is 3. The highest BCUT2D eigenvalue weighted by molar-refractivity contribution is 6.31. The van der Waals surface area contributed by atoms with Gasteiger partial charge in [-0.05, 0) is 31.5 Å². The van der Waals surface area contributed by atoms with Gasteiger partial charge in [0.05, 0.1) is 17.9 Å². The van der Waals surface area contributed by atoms with Crippen LogP contribution in [0.4, 0.5) is 5.69 Å². The SMILES string of the molecule is COCCCN1C(=O)[C@@H]2[C@@H]([C@@H](C)O)N[C@]3(C(=O)Nc4ccc(Cl)cc43)[C@@H]2C1=O. The molecule has 28 heavy (non-hydrogen) atoms. The minimum atomic E-state index is -1.44. The number of carbonyl (C=O) groups excluding carboxylic acids is 3. The number of rotatable bonds is 5. The Labute approximate surface area is 167 Å². The first-order valence-electron chi connectivity index (χ1n) is 9.24. The molecular weight excluding hydrogens is 386 g/mol. The Kier molecular flexibility index (Phi) is 4.70. The highest BCUT2D eigenvalue weighted by Gasteiger charge is 2.71. The van der Waals surface area contributed by atoms with E-state index in [1.54, 1.807) is 32.2 Å². The van der Waals surface area contributed by atoms with Crippen molar-refractivity contribution in [2.24, 2.45) is 11.8 Å². The van der Waals surface area contributed by atoms with Crippen molar-refractivity contribution in [3.63, 3.8) is 0 Å². The highest BCUT2D eigenvalue weighted by atomic mass is 35.5. The Balaban J connectivity index is 1.81. The number of aliphatic hydroxyl groups excluding tert-OH is 1. The van der Waals surface area contributed by atoms with E-state index >= 15 is 0 Å². The largest absolute Gasteiger partial charge is 0.392 e. The van der Waals surface area contributed by atoms with Crippen molar-refractivity contribution in [2.45, 2.75) is 31.0 Å². The number of imide groups is 1. The normalized spacial score (nSPS) is 32.1. The first kappa shape index (κ1) is 19.3. The summed E-state index contributed by atoms with van der Waals surface area (Å²) < 4.78 is 5.02. The fourth-order valence-electron chi connectivity index (χ4n) is 4.77. The van der Waals surface area contributed by atoms with Crippen molar-refractivity contribution in [1.29, 1.82) is 0 Å². The molecule has 3 N–H and O–H groups in total. The molecule has 3 amide bonds. The van der Waals surface area contributed by atoms with E-state index in [-0.39, 0.29) is 12.5 Å². The summed E-state index contributed by atoms with van der Waals surface area (Å²) in [6.07, 6.45) is -0.430. The van der Waals surface area contributed by atoms with Crippen LogP contribution >= 0.6 is 11.6 Å². The monoisotopic (exact) mass is 407 g/mol. The molecule has 1 aromatic rings. The molecule has 150 valence electrons. The van der Waals surface area contributed by atoms with E-state index in [0.29, 0.717) is 29.3 Å². The number of nitrogens with zero attached hydrogens (tertiary/aromatic N) is 1. The standard InChI is InChI=1S/C19H22ClN3O5/c1-9(24)15-13-14(17(26)23(16(13)25)6-3-7-28-2)19(22-15)11-8-10(20)4-5-12(11)21-18(19)27/h4-5,8-9,13-15,22,24H,3,6-7H2,1-2H3,(H,21,27)/t9-,13+,14+,15-,19+/m1/s1. The van der Waals surface area contributed by atoms with Crippen molar-refractivity contribution < 1.29 is 24.2 Å². The van der Waals surface area contributed by atoms with Gasteiger partial charge in [0.25, 0.3) is 0 Å². The summed E-state index contributed by atoms with van der Waals surface area (Å²) in [6, 6.07) is 4.23. The molecule has 0 bridgehead atoms. The molecule has 0 aromatic heterocycles. The highest BCUT2D eigenvalue weighted by Crippen LogP contribution is 2.53. The summed E-state index contributed by atoms with van der Waals surface area (Å²) >= 11 is 6.16. The third-order valence-corrected chi connectivity index (χ3v) is 6.19. The molecular formula is C19H22ClN3O5.